The number of ether oxygens (including phenoxy) is 2. The molecule has 0 aromatic heterocycles. The van der Waals surface area contributed by atoms with E-state index in [1.54, 1.807) is 42.5 Å². The van der Waals surface area contributed by atoms with Gasteiger partial charge in [0.15, 0.2) is 27.9 Å². The Morgan fingerprint density at radius 2 is 1.65 bits per heavy atom. The highest BCUT2D eigenvalue weighted by atomic mass is 32.2. The van der Waals surface area contributed by atoms with Crippen LogP contribution in [0.15, 0.2) is 101 Å². The maximum Gasteiger partial charge on any atom is 0.258 e. The maximum absolute atomic E-state index is 14.3. The number of anilines is 2. The number of nitrogens with zero attached hydrogens (tertiary/aromatic N) is 1. The first-order chi connectivity index (χ1) is 25.9. The highest BCUT2D eigenvalue weighted by molar-refractivity contribution is 7.98. The zero-order valence-corrected chi connectivity index (χ0v) is 32.7. The van der Waals surface area contributed by atoms with Gasteiger partial charge in [-0.15, -0.1) is 11.8 Å². The van der Waals surface area contributed by atoms with Crippen molar-refractivity contribution in [2.75, 3.05) is 43.7 Å². The second-order valence-electron chi connectivity index (χ2n) is 13.5. The van der Waals surface area contributed by atoms with Crippen LogP contribution in [0.25, 0.3) is 0 Å². The van der Waals surface area contributed by atoms with Crippen LogP contribution in [0.3, 0.4) is 0 Å². The highest BCUT2D eigenvalue weighted by Gasteiger charge is 2.42. The quantitative estimate of drug-likeness (QED) is 0.0687. The predicted molar refractivity (Wildman–Crippen MR) is 211 cm³/mol. The fraction of sp³-hybridized carbons (Fsp3) is 0.366. The number of hydrogen-bond donors (Lipinski definition) is 4. The molecule has 4 aromatic rings. The van der Waals surface area contributed by atoms with Crippen molar-refractivity contribution < 1.29 is 37.7 Å². The molecule has 0 aliphatic carbocycles. The number of amides is 2. The molecule has 1 aliphatic heterocycles. The van der Waals surface area contributed by atoms with Crippen LogP contribution in [0.1, 0.15) is 62.8 Å². The number of rotatable bonds is 16. The fourth-order valence-electron chi connectivity index (χ4n) is 6.81. The fourth-order valence-corrected chi connectivity index (χ4v) is 9.53. The molecule has 4 N–H and O–H groups in total. The Morgan fingerprint density at radius 1 is 0.944 bits per heavy atom. The number of aromatic hydroxyl groups is 2. The number of carbonyl (C=O) groups excluding carboxylic acids is 2. The average Bonchev–Trinajstić information content (AvgIpc) is 3.28. The van der Waals surface area contributed by atoms with Crippen LogP contribution in [-0.2, 0) is 24.2 Å². The zero-order chi connectivity index (χ0) is 38.9. The summed E-state index contributed by atoms with van der Waals surface area (Å²) < 4.78 is 40.2. The van der Waals surface area contributed by atoms with Gasteiger partial charge >= 0.3 is 0 Å². The Bertz CT molecular complexity index is 2010. The summed E-state index contributed by atoms with van der Waals surface area (Å²) in [6.07, 6.45) is 4.57. The van der Waals surface area contributed by atoms with Crippen molar-refractivity contribution in [1.82, 2.24) is 10.6 Å². The number of phenols is 2. The lowest BCUT2D eigenvalue weighted by Gasteiger charge is -2.36. The van der Waals surface area contributed by atoms with Gasteiger partial charge in [-0.25, -0.2) is 8.42 Å². The van der Waals surface area contributed by atoms with Crippen LogP contribution in [0.4, 0.5) is 11.4 Å². The van der Waals surface area contributed by atoms with Gasteiger partial charge in [0.05, 0.1) is 27.3 Å². The third kappa shape index (κ3) is 9.49. The zero-order valence-electron chi connectivity index (χ0n) is 31.1. The van der Waals surface area contributed by atoms with Crippen LogP contribution < -0.4 is 20.3 Å². The molecule has 3 atom stereocenters. The summed E-state index contributed by atoms with van der Waals surface area (Å²) in [7, 11) is -2.33. The van der Waals surface area contributed by atoms with Crippen molar-refractivity contribution >= 4 is 44.8 Å². The molecule has 1 aliphatic rings. The summed E-state index contributed by atoms with van der Waals surface area (Å²) in [4.78, 5) is 30.0. The van der Waals surface area contributed by atoms with Crippen molar-refractivity contribution in [2.45, 2.75) is 61.5 Å². The normalized spacial score (nSPS) is 17.4. The Labute approximate surface area is 322 Å². The minimum absolute atomic E-state index is 0.00290. The molecule has 13 heteroatoms. The summed E-state index contributed by atoms with van der Waals surface area (Å²) >= 11 is 1.39. The number of nitrogens with one attached hydrogen (secondary N) is 2. The second-order valence-corrected chi connectivity index (χ2v) is 16.3. The minimum atomic E-state index is -3.78. The van der Waals surface area contributed by atoms with E-state index in [1.807, 2.05) is 42.7 Å². The molecule has 5 rings (SSSR count). The summed E-state index contributed by atoms with van der Waals surface area (Å²) in [5.41, 5.74) is 2.07. The van der Waals surface area contributed by atoms with Crippen LogP contribution in [0, 0.1) is 5.41 Å². The van der Waals surface area contributed by atoms with Crippen molar-refractivity contribution in [3.63, 3.8) is 0 Å². The Kier molecular flexibility index (Phi) is 13.5. The van der Waals surface area contributed by atoms with E-state index in [9.17, 15) is 28.2 Å². The van der Waals surface area contributed by atoms with E-state index in [4.69, 9.17) is 9.47 Å². The van der Waals surface area contributed by atoms with Crippen molar-refractivity contribution in [3.8, 4) is 17.2 Å². The molecule has 2 amide bonds. The monoisotopic (exact) mass is 775 g/mol. The predicted octanol–water partition coefficient (Wildman–Crippen LogP) is 7.07. The van der Waals surface area contributed by atoms with Crippen molar-refractivity contribution in [1.29, 1.82) is 0 Å². The highest BCUT2D eigenvalue weighted by Crippen LogP contribution is 2.47. The van der Waals surface area contributed by atoms with Crippen LogP contribution >= 0.6 is 11.8 Å². The third-order valence-corrected chi connectivity index (χ3v) is 12.7. The van der Waals surface area contributed by atoms with Crippen LogP contribution in [-0.4, -0.2) is 69.3 Å². The molecular formula is C41H49N3O8S2. The van der Waals surface area contributed by atoms with Gasteiger partial charge in [0, 0.05) is 37.4 Å². The van der Waals surface area contributed by atoms with Gasteiger partial charge in [-0.2, -0.15) is 0 Å². The SMILES string of the molecule is CCCCC1(CC)CN(c2ccccc2)c2cc(SC)c(OCC(=O)NC(C(=O)NCC(OC)c3ccc(O)c(O)c3)c3ccccc3)cc2S(=O)(=O)C1. The summed E-state index contributed by atoms with van der Waals surface area (Å²) in [6.45, 7) is 4.25. The van der Waals surface area contributed by atoms with Gasteiger partial charge < -0.3 is 35.2 Å². The summed E-state index contributed by atoms with van der Waals surface area (Å²) in [5, 5.41) is 25.2. The van der Waals surface area contributed by atoms with Gasteiger partial charge in [0.2, 0.25) is 5.91 Å². The van der Waals surface area contributed by atoms with E-state index in [0.717, 1.165) is 24.9 Å². The van der Waals surface area contributed by atoms with E-state index in [-0.39, 0.29) is 34.4 Å². The lowest BCUT2D eigenvalue weighted by molar-refractivity contribution is -0.130. The number of phenolic OH excluding ortho intramolecular Hbond substituents is 2. The minimum Gasteiger partial charge on any atom is -0.504 e. The molecule has 0 saturated heterocycles. The van der Waals surface area contributed by atoms with E-state index >= 15 is 0 Å². The van der Waals surface area contributed by atoms with E-state index in [1.165, 1.54) is 31.0 Å². The molecule has 0 bridgehead atoms. The number of hydrogen-bond acceptors (Lipinski definition) is 10. The molecule has 0 fully saturated rings. The molecule has 0 saturated carbocycles. The second kappa shape index (κ2) is 18.1. The molecule has 0 spiro atoms. The lowest BCUT2D eigenvalue weighted by atomic mass is 9.81. The number of fused-ring (bicyclic) bond motifs is 1. The van der Waals surface area contributed by atoms with Crippen molar-refractivity contribution in [3.05, 3.63) is 102 Å². The van der Waals surface area contributed by atoms with Gasteiger partial charge in [0.1, 0.15) is 11.8 Å². The maximum atomic E-state index is 14.3. The molecule has 54 heavy (non-hydrogen) atoms. The number of methoxy groups -OCH3 is 1. The van der Waals surface area contributed by atoms with E-state index < -0.39 is 45.8 Å². The van der Waals surface area contributed by atoms with Gasteiger partial charge in [-0.1, -0.05) is 81.3 Å². The number of carbonyl (C=O) groups is 2. The third-order valence-electron chi connectivity index (χ3n) is 9.92. The molecule has 3 unspecified atom stereocenters. The first-order valence-corrected chi connectivity index (χ1v) is 20.9. The molecule has 288 valence electrons. The summed E-state index contributed by atoms with van der Waals surface area (Å²) in [6, 6.07) is 25.1. The number of sulfone groups is 1. The number of benzene rings is 4. The number of thioether (sulfide) groups is 1. The molecule has 0 radical (unpaired) electrons. The molecule has 11 nitrogen and oxygen atoms in total. The van der Waals surface area contributed by atoms with E-state index in [0.29, 0.717) is 34.7 Å². The largest absolute Gasteiger partial charge is 0.504 e. The number of para-hydroxylation sites is 1. The van der Waals surface area contributed by atoms with Gasteiger partial charge in [-0.3, -0.25) is 9.59 Å². The molecular weight excluding hydrogens is 727 g/mol. The standard InChI is InChI=1S/C41H49N3O8S2/c1-5-7-20-41(6-2)26-44(30-16-12-9-13-17-30)31-22-36(53-4)34(23-37(31)54(49,50)27-41)52-25-38(47)43-39(28-14-10-8-11-15-28)40(48)42-24-35(51-3)29-18-19-32(45)33(46)21-29/h8-19,21-23,35,39,45-46H,5-7,20,24-27H2,1-4H3,(H,42,48)(H,43,47). The van der Waals surface area contributed by atoms with Crippen LogP contribution in [0.5, 0.6) is 17.2 Å². The molecule has 4 aromatic carbocycles. The first-order valence-electron chi connectivity index (χ1n) is 18.0. The van der Waals surface area contributed by atoms with Gasteiger partial charge in [0.25, 0.3) is 5.91 Å². The Hall–Kier alpha value is -4.72. The van der Waals surface area contributed by atoms with Crippen LogP contribution in [0.2, 0.25) is 0 Å². The van der Waals surface area contributed by atoms with Gasteiger partial charge in [-0.05, 0) is 60.6 Å². The topological polar surface area (TPSA) is 154 Å². The Morgan fingerprint density at radius 3 is 2.28 bits per heavy atom. The van der Waals surface area contributed by atoms with Crippen molar-refractivity contribution in [2.24, 2.45) is 5.41 Å². The summed E-state index contributed by atoms with van der Waals surface area (Å²) in [5.74, 6) is -1.45. The number of unbranched alkanes of at least 4 members (excludes halogenated alkanes) is 1. The first kappa shape index (κ1) is 40.5. The van der Waals surface area contributed by atoms with E-state index in [2.05, 4.69) is 29.4 Å². The Balaban J connectivity index is 1.39. The molecule has 1 heterocycles. The lowest BCUT2D eigenvalue weighted by Crippen LogP contribution is -2.43. The smallest absolute Gasteiger partial charge is 0.258 e. The average molecular weight is 776 g/mol.